The summed E-state index contributed by atoms with van der Waals surface area (Å²) in [5.41, 5.74) is 6.80. The first-order chi connectivity index (χ1) is 8.02. The fraction of sp³-hybridized carbons (Fsp3) is 0.308. The summed E-state index contributed by atoms with van der Waals surface area (Å²) >= 11 is 0. The Balaban J connectivity index is 2.67. The molecule has 1 aromatic carbocycles. The van der Waals surface area contributed by atoms with Gasteiger partial charge in [0.1, 0.15) is 0 Å². The molecule has 17 heavy (non-hydrogen) atoms. The minimum absolute atomic E-state index is 0.0217. The zero-order chi connectivity index (χ0) is 12.8. The van der Waals surface area contributed by atoms with E-state index in [1.165, 1.54) is 0 Å². The maximum atomic E-state index is 10.6. The molecule has 0 fully saturated rings. The van der Waals surface area contributed by atoms with Gasteiger partial charge < -0.3 is 11.1 Å². The monoisotopic (exact) mass is 231 g/mol. The van der Waals surface area contributed by atoms with Crippen LogP contribution in [0.1, 0.15) is 25.5 Å². The van der Waals surface area contributed by atoms with Gasteiger partial charge in [0.25, 0.3) is 0 Å². The highest BCUT2D eigenvalue weighted by Gasteiger charge is 2.07. The molecule has 2 unspecified atom stereocenters. The van der Waals surface area contributed by atoms with Crippen molar-refractivity contribution in [2.45, 2.75) is 25.9 Å². The Bertz CT molecular complexity index is 419. The highest BCUT2D eigenvalue weighted by atomic mass is 16.2. The van der Waals surface area contributed by atoms with E-state index >= 15 is 0 Å². The average molecular weight is 231 g/mol. The van der Waals surface area contributed by atoms with Crippen molar-refractivity contribution in [2.75, 3.05) is 5.32 Å². The minimum atomic E-state index is -0.565. The molecule has 0 bridgehead atoms. The zero-order valence-corrected chi connectivity index (χ0v) is 10.0. The maximum Gasteiger partial charge on any atom is 0.316 e. The Hall–Kier alpha value is -1.99. The van der Waals surface area contributed by atoms with Gasteiger partial charge in [-0.15, -0.1) is 6.42 Å². The van der Waals surface area contributed by atoms with Crippen LogP contribution in [-0.4, -0.2) is 12.1 Å². The van der Waals surface area contributed by atoms with Crippen LogP contribution in [0.3, 0.4) is 0 Å². The highest BCUT2D eigenvalue weighted by molar-refractivity contribution is 5.87. The van der Waals surface area contributed by atoms with Gasteiger partial charge in [0.15, 0.2) is 0 Å². The van der Waals surface area contributed by atoms with E-state index in [1.54, 1.807) is 12.1 Å². The lowest BCUT2D eigenvalue weighted by molar-refractivity contribution is 0.259. The molecule has 0 aliphatic rings. The van der Waals surface area contributed by atoms with Crippen LogP contribution >= 0.6 is 0 Å². The van der Waals surface area contributed by atoms with Crippen molar-refractivity contribution in [2.24, 2.45) is 5.73 Å². The predicted octanol–water partition coefficient (Wildman–Crippen LogP) is 1.85. The van der Waals surface area contributed by atoms with E-state index in [2.05, 4.69) is 16.6 Å². The number of terminal acetylenes is 1. The van der Waals surface area contributed by atoms with Gasteiger partial charge >= 0.3 is 6.03 Å². The average Bonchev–Trinajstić information content (AvgIpc) is 2.28. The number of nitrogens with two attached hydrogens (primary N) is 1. The minimum Gasteiger partial charge on any atom is -0.351 e. The summed E-state index contributed by atoms with van der Waals surface area (Å²) in [6, 6.07) is 7.07. The Labute approximate surface area is 102 Å². The van der Waals surface area contributed by atoms with E-state index in [1.807, 2.05) is 26.0 Å². The van der Waals surface area contributed by atoms with Crippen LogP contribution in [0.25, 0.3) is 0 Å². The first-order valence-electron chi connectivity index (χ1n) is 5.41. The SMILES string of the molecule is C#CC(C)NC(C)c1ccc(NC(N)=O)cc1. The van der Waals surface area contributed by atoms with Crippen LogP contribution in [-0.2, 0) is 0 Å². The van der Waals surface area contributed by atoms with Crippen molar-refractivity contribution in [3.8, 4) is 12.3 Å². The van der Waals surface area contributed by atoms with E-state index in [-0.39, 0.29) is 12.1 Å². The molecule has 4 N–H and O–H groups in total. The van der Waals surface area contributed by atoms with Gasteiger partial charge in [-0.25, -0.2) is 4.79 Å². The smallest absolute Gasteiger partial charge is 0.316 e. The molecule has 4 nitrogen and oxygen atoms in total. The van der Waals surface area contributed by atoms with Gasteiger partial charge in [-0.2, -0.15) is 0 Å². The summed E-state index contributed by atoms with van der Waals surface area (Å²) in [7, 11) is 0. The summed E-state index contributed by atoms with van der Waals surface area (Å²) in [4.78, 5) is 10.6. The number of carbonyl (C=O) groups is 1. The molecule has 4 heteroatoms. The maximum absolute atomic E-state index is 10.6. The van der Waals surface area contributed by atoms with E-state index in [0.29, 0.717) is 5.69 Å². The zero-order valence-electron chi connectivity index (χ0n) is 10.0. The van der Waals surface area contributed by atoms with Gasteiger partial charge in [0.2, 0.25) is 0 Å². The van der Waals surface area contributed by atoms with E-state index in [4.69, 9.17) is 12.2 Å². The first-order valence-corrected chi connectivity index (χ1v) is 5.41. The molecule has 0 saturated heterocycles. The summed E-state index contributed by atoms with van der Waals surface area (Å²) in [5, 5.41) is 5.77. The predicted molar refractivity (Wildman–Crippen MR) is 69.5 cm³/mol. The quantitative estimate of drug-likeness (QED) is 0.692. The Morgan fingerprint density at radius 2 is 1.94 bits per heavy atom. The summed E-state index contributed by atoms with van der Waals surface area (Å²) in [6.45, 7) is 3.96. The fourth-order valence-electron chi connectivity index (χ4n) is 1.52. The molecule has 0 radical (unpaired) electrons. The number of carbonyl (C=O) groups excluding carboxylic acids is 1. The van der Waals surface area contributed by atoms with Crippen molar-refractivity contribution < 1.29 is 4.79 Å². The number of rotatable bonds is 4. The van der Waals surface area contributed by atoms with Crippen molar-refractivity contribution in [1.82, 2.24) is 5.32 Å². The number of anilines is 1. The second-order valence-corrected chi connectivity index (χ2v) is 3.89. The highest BCUT2D eigenvalue weighted by Crippen LogP contribution is 2.16. The molecule has 0 aliphatic heterocycles. The first kappa shape index (κ1) is 13.1. The summed E-state index contributed by atoms with van der Waals surface area (Å²) < 4.78 is 0. The van der Waals surface area contributed by atoms with Crippen molar-refractivity contribution in [1.29, 1.82) is 0 Å². The van der Waals surface area contributed by atoms with Crippen LogP contribution in [0.15, 0.2) is 24.3 Å². The van der Waals surface area contributed by atoms with Crippen LogP contribution in [0.4, 0.5) is 10.5 Å². The molecule has 0 aliphatic carbocycles. The number of hydrogen-bond acceptors (Lipinski definition) is 2. The van der Waals surface area contributed by atoms with Crippen molar-refractivity contribution in [3.05, 3.63) is 29.8 Å². The second-order valence-electron chi connectivity index (χ2n) is 3.89. The third kappa shape index (κ3) is 4.17. The number of urea groups is 1. The molecule has 2 atom stereocenters. The Kier molecular flexibility index (Phi) is 4.56. The van der Waals surface area contributed by atoms with Crippen molar-refractivity contribution >= 4 is 11.7 Å². The lowest BCUT2D eigenvalue weighted by atomic mass is 10.1. The standard InChI is InChI=1S/C13H17N3O/c1-4-9(2)15-10(3)11-5-7-12(8-6-11)16-13(14)17/h1,5-10,15H,2-3H3,(H3,14,16,17). The van der Waals surface area contributed by atoms with Crippen molar-refractivity contribution in [3.63, 3.8) is 0 Å². The van der Waals surface area contributed by atoms with Gasteiger partial charge in [0.05, 0.1) is 6.04 Å². The normalized spacial score (nSPS) is 13.5. The number of amides is 2. The molecule has 2 amide bonds. The topological polar surface area (TPSA) is 67.2 Å². The van der Waals surface area contributed by atoms with Crippen LogP contribution in [0, 0.1) is 12.3 Å². The Morgan fingerprint density at radius 3 is 2.41 bits per heavy atom. The number of primary amides is 1. The lowest BCUT2D eigenvalue weighted by Crippen LogP contribution is -2.27. The van der Waals surface area contributed by atoms with Gasteiger partial charge in [-0.1, -0.05) is 18.1 Å². The molecule has 1 rings (SSSR count). The molecule has 1 aromatic rings. The lowest BCUT2D eigenvalue weighted by Gasteiger charge is -2.17. The van der Waals surface area contributed by atoms with Gasteiger partial charge in [-0.05, 0) is 31.5 Å². The van der Waals surface area contributed by atoms with E-state index in [9.17, 15) is 4.79 Å². The van der Waals surface area contributed by atoms with E-state index in [0.717, 1.165) is 5.56 Å². The molecule has 0 heterocycles. The van der Waals surface area contributed by atoms with Crippen LogP contribution in [0.5, 0.6) is 0 Å². The third-order valence-corrected chi connectivity index (χ3v) is 2.43. The largest absolute Gasteiger partial charge is 0.351 e. The Morgan fingerprint density at radius 1 is 1.35 bits per heavy atom. The fourth-order valence-corrected chi connectivity index (χ4v) is 1.52. The van der Waals surface area contributed by atoms with Gasteiger partial charge in [0, 0.05) is 11.7 Å². The number of benzene rings is 1. The summed E-state index contributed by atoms with van der Waals surface area (Å²) in [6.07, 6.45) is 5.30. The third-order valence-electron chi connectivity index (χ3n) is 2.43. The van der Waals surface area contributed by atoms with Gasteiger partial charge in [-0.3, -0.25) is 5.32 Å². The van der Waals surface area contributed by atoms with E-state index < -0.39 is 6.03 Å². The molecule has 90 valence electrons. The molecule has 0 spiro atoms. The second kappa shape index (κ2) is 5.92. The van der Waals surface area contributed by atoms with Crippen LogP contribution in [0.2, 0.25) is 0 Å². The molecular weight excluding hydrogens is 214 g/mol. The molecule has 0 aromatic heterocycles. The molecular formula is C13H17N3O. The summed E-state index contributed by atoms with van der Waals surface area (Å²) in [5.74, 6) is 2.62. The number of hydrogen-bond donors (Lipinski definition) is 3. The number of nitrogens with one attached hydrogen (secondary N) is 2. The van der Waals surface area contributed by atoms with Crippen LogP contribution < -0.4 is 16.4 Å². The molecule has 0 saturated carbocycles.